The lowest BCUT2D eigenvalue weighted by atomic mass is 9.88. The van der Waals surface area contributed by atoms with Crippen molar-refractivity contribution in [2.45, 2.75) is 19.4 Å². The Kier molecular flexibility index (Phi) is 5.58. The molecule has 6 heteroatoms. The van der Waals surface area contributed by atoms with Gasteiger partial charge in [-0.15, -0.1) is 0 Å². The van der Waals surface area contributed by atoms with E-state index in [1.807, 2.05) is 12.1 Å². The van der Waals surface area contributed by atoms with Crippen molar-refractivity contribution < 1.29 is 4.74 Å². The number of para-hydroxylation sites is 1. The highest BCUT2D eigenvalue weighted by Gasteiger charge is 2.35. The number of ether oxygens (including phenoxy) is 1. The molecule has 7 rings (SSSR count). The predicted octanol–water partition coefficient (Wildman–Crippen LogP) is 7.79. The standard InChI is InChI=1S/C34H35N5O/c1-34(2)29-14-6-7-15-30(29)39(23-37(34)5)26-11-9-13-28(20-26)40-27-12-8-10-25(19-27)38-22-36(4)32-18-24-16-17-35(3)31(24)21-33(32)38/h6-21H,22-23H2,1-5H3. The normalized spacial score (nSPS) is 16.4. The van der Waals surface area contributed by atoms with Crippen LogP contribution in [0.5, 0.6) is 11.5 Å². The van der Waals surface area contributed by atoms with E-state index >= 15 is 0 Å². The number of nitrogens with zero attached hydrogens (tertiary/aromatic N) is 5. The monoisotopic (exact) mass is 529 g/mol. The maximum absolute atomic E-state index is 6.47. The van der Waals surface area contributed by atoms with E-state index in [0.29, 0.717) is 0 Å². The Morgan fingerprint density at radius 3 is 2.05 bits per heavy atom. The lowest BCUT2D eigenvalue weighted by Crippen LogP contribution is -2.49. The minimum atomic E-state index is -0.0318. The molecule has 0 bridgehead atoms. The van der Waals surface area contributed by atoms with Gasteiger partial charge in [-0.3, -0.25) is 4.90 Å². The molecule has 3 heterocycles. The Morgan fingerprint density at radius 1 is 0.650 bits per heavy atom. The molecular weight excluding hydrogens is 494 g/mol. The van der Waals surface area contributed by atoms with Gasteiger partial charge in [-0.2, -0.15) is 0 Å². The molecule has 2 aliphatic heterocycles. The molecule has 5 aromatic rings. The SMILES string of the molecule is CN1CN(c2cccc(Oc3cccc(N4CN(C)C(C)(C)c5ccccc54)c3)c2)c2cc3c(ccn3C)cc21. The summed E-state index contributed by atoms with van der Waals surface area (Å²) in [6.45, 7) is 6.17. The minimum absolute atomic E-state index is 0.0318. The second-order valence-electron chi connectivity index (χ2n) is 11.5. The van der Waals surface area contributed by atoms with E-state index in [0.717, 1.165) is 36.2 Å². The van der Waals surface area contributed by atoms with E-state index in [-0.39, 0.29) is 5.54 Å². The molecule has 0 N–H and O–H groups in total. The minimum Gasteiger partial charge on any atom is -0.457 e. The zero-order valence-electron chi connectivity index (χ0n) is 23.8. The van der Waals surface area contributed by atoms with Gasteiger partial charge in [0, 0.05) is 65.9 Å². The second-order valence-corrected chi connectivity index (χ2v) is 11.5. The van der Waals surface area contributed by atoms with Crippen LogP contribution in [-0.4, -0.2) is 36.9 Å². The quantitative estimate of drug-likeness (QED) is 0.237. The van der Waals surface area contributed by atoms with Crippen LogP contribution in [-0.2, 0) is 12.6 Å². The fourth-order valence-electron chi connectivity index (χ4n) is 6.08. The van der Waals surface area contributed by atoms with E-state index in [9.17, 15) is 0 Å². The molecule has 6 nitrogen and oxygen atoms in total. The zero-order valence-corrected chi connectivity index (χ0v) is 23.8. The first-order chi connectivity index (χ1) is 19.3. The Bertz CT molecular complexity index is 1740. The lowest BCUT2D eigenvalue weighted by Gasteiger charge is -2.47. The summed E-state index contributed by atoms with van der Waals surface area (Å²) >= 11 is 0. The number of aryl methyl sites for hydroxylation is 1. The Hall–Kier alpha value is -4.42. The van der Waals surface area contributed by atoms with Gasteiger partial charge in [0.05, 0.1) is 24.7 Å². The van der Waals surface area contributed by atoms with Crippen LogP contribution in [0.25, 0.3) is 10.9 Å². The average Bonchev–Trinajstić information content (AvgIpc) is 3.49. The van der Waals surface area contributed by atoms with Gasteiger partial charge >= 0.3 is 0 Å². The maximum Gasteiger partial charge on any atom is 0.129 e. The first-order valence-electron chi connectivity index (χ1n) is 13.8. The molecule has 0 saturated heterocycles. The molecule has 0 amide bonds. The van der Waals surface area contributed by atoms with Gasteiger partial charge in [-0.1, -0.05) is 30.3 Å². The van der Waals surface area contributed by atoms with Crippen molar-refractivity contribution in [2.24, 2.45) is 7.05 Å². The highest BCUT2D eigenvalue weighted by atomic mass is 16.5. The third-order valence-electron chi connectivity index (χ3n) is 8.69. The number of hydrogen-bond acceptors (Lipinski definition) is 5. The molecule has 40 heavy (non-hydrogen) atoms. The van der Waals surface area contributed by atoms with Crippen LogP contribution in [0.1, 0.15) is 19.4 Å². The number of anilines is 5. The smallest absolute Gasteiger partial charge is 0.129 e. The second kappa shape index (κ2) is 9.07. The molecule has 0 spiro atoms. The van der Waals surface area contributed by atoms with Crippen LogP contribution in [0.4, 0.5) is 28.4 Å². The Labute approximate surface area is 236 Å². The molecule has 1 aromatic heterocycles. The van der Waals surface area contributed by atoms with Crippen molar-refractivity contribution >= 4 is 39.3 Å². The van der Waals surface area contributed by atoms with E-state index in [2.05, 4.69) is 144 Å². The predicted molar refractivity (Wildman–Crippen MR) is 166 cm³/mol. The molecule has 202 valence electrons. The van der Waals surface area contributed by atoms with E-state index in [4.69, 9.17) is 4.74 Å². The van der Waals surface area contributed by atoms with E-state index in [1.54, 1.807) is 0 Å². The van der Waals surface area contributed by atoms with Crippen LogP contribution in [0.15, 0.2) is 97.2 Å². The molecule has 0 aliphatic carbocycles. The first kappa shape index (κ1) is 24.6. The third kappa shape index (κ3) is 3.90. The third-order valence-corrected chi connectivity index (χ3v) is 8.69. The van der Waals surface area contributed by atoms with Crippen molar-refractivity contribution in [3.63, 3.8) is 0 Å². The van der Waals surface area contributed by atoms with Crippen molar-refractivity contribution in [3.8, 4) is 11.5 Å². The summed E-state index contributed by atoms with van der Waals surface area (Å²) in [4.78, 5) is 9.41. The average molecular weight is 530 g/mol. The summed E-state index contributed by atoms with van der Waals surface area (Å²) in [6, 6.07) is 32.3. The summed E-state index contributed by atoms with van der Waals surface area (Å²) in [5.41, 5.74) is 8.46. The molecule has 0 radical (unpaired) electrons. The summed E-state index contributed by atoms with van der Waals surface area (Å²) in [6.07, 6.45) is 2.12. The van der Waals surface area contributed by atoms with Crippen molar-refractivity contribution in [1.82, 2.24) is 9.47 Å². The highest BCUT2D eigenvalue weighted by molar-refractivity contribution is 5.95. The summed E-state index contributed by atoms with van der Waals surface area (Å²) in [5.74, 6) is 1.65. The van der Waals surface area contributed by atoms with Crippen molar-refractivity contribution in [1.29, 1.82) is 0 Å². The number of fused-ring (bicyclic) bond motifs is 3. The highest BCUT2D eigenvalue weighted by Crippen LogP contribution is 2.45. The number of hydrogen-bond donors (Lipinski definition) is 0. The van der Waals surface area contributed by atoms with Crippen LogP contribution in [0.2, 0.25) is 0 Å². The van der Waals surface area contributed by atoms with E-state index in [1.165, 1.54) is 33.5 Å². The van der Waals surface area contributed by atoms with Gasteiger partial charge in [0.15, 0.2) is 0 Å². The van der Waals surface area contributed by atoms with Gasteiger partial charge < -0.3 is 24.0 Å². The van der Waals surface area contributed by atoms with Crippen LogP contribution in [0, 0.1) is 0 Å². The molecular formula is C34H35N5O. The first-order valence-corrected chi connectivity index (χ1v) is 13.8. The number of benzene rings is 4. The van der Waals surface area contributed by atoms with Crippen molar-refractivity contribution in [3.05, 3.63) is 103 Å². The number of rotatable bonds is 4. The van der Waals surface area contributed by atoms with Crippen LogP contribution in [0.3, 0.4) is 0 Å². The molecule has 0 atom stereocenters. The van der Waals surface area contributed by atoms with E-state index < -0.39 is 0 Å². The van der Waals surface area contributed by atoms with Gasteiger partial charge in [0.1, 0.15) is 11.5 Å². The van der Waals surface area contributed by atoms with Gasteiger partial charge in [-0.05, 0) is 75.0 Å². The molecule has 0 fully saturated rings. The maximum atomic E-state index is 6.47. The van der Waals surface area contributed by atoms with Gasteiger partial charge in [0.2, 0.25) is 0 Å². The number of aromatic nitrogens is 1. The summed E-state index contributed by atoms with van der Waals surface area (Å²) in [7, 11) is 6.43. The summed E-state index contributed by atoms with van der Waals surface area (Å²) in [5, 5.41) is 1.26. The fourth-order valence-corrected chi connectivity index (χ4v) is 6.08. The van der Waals surface area contributed by atoms with Gasteiger partial charge in [-0.25, -0.2) is 0 Å². The molecule has 0 saturated carbocycles. The molecule has 0 unspecified atom stereocenters. The zero-order chi connectivity index (χ0) is 27.6. The van der Waals surface area contributed by atoms with Crippen LogP contribution >= 0.6 is 0 Å². The lowest BCUT2D eigenvalue weighted by molar-refractivity contribution is 0.150. The Balaban J connectivity index is 1.19. The summed E-state index contributed by atoms with van der Waals surface area (Å²) < 4.78 is 8.65. The Morgan fingerprint density at radius 2 is 1.32 bits per heavy atom. The topological polar surface area (TPSA) is 27.1 Å². The molecule has 2 aliphatic rings. The van der Waals surface area contributed by atoms with Gasteiger partial charge in [0.25, 0.3) is 0 Å². The largest absolute Gasteiger partial charge is 0.457 e. The van der Waals surface area contributed by atoms with Crippen molar-refractivity contribution in [2.75, 3.05) is 42.1 Å². The molecule has 4 aromatic carbocycles. The fraction of sp³-hybridized carbons (Fsp3) is 0.235. The van der Waals surface area contributed by atoms with Crippen LogP contribution < -0.4 is 19.4 Å².